The van der Waals surface area contributed by atoms with Gasteiger partial charge in [0.1, 0.15) is 5.76 Å². The van der Waals surface area contributed by atoms with Crippen LogP contribution in [0.3, 0.4) is 0 Å². The molecule has 1 aromatic heterocycles. The van der Waals surface area contributed by atoms with Crippen molar-refractivity contribution in [3.63, 3.8) is 0 Å². The summed E-state index contributed by atoms with van der Waals surface area (Å²) in [4.78, 5) is 2.55. The van der Waals surface area contributed by atoms with Crippen LogP contribution < -0.4 is 5.32 Å². The maximum atomic E-state index is 5.62. The Balaban J connectivity index is 1.84. The van der Waals surface area contributed by atoms with Gasteiger partial charge in [-0.3, -0.25) is 4.90 Å². The second-order valence-electron chi connectivity index (χ2n) is 5.64. The lowest BCUT2D eigenvalue weighted by molar-refractivity contribution is 0.284. The highest BCUT2D eigenvalue weighted by Crippen LogP contribution is 2.17. The summed E-state index contributed by atoms with van der Waals surface area (Å²) < 4.78 is 5.62. The van der Waals surface area contributed by atoms with Crippen LogP contribution in [0.15, 0.2) is 16.7 Å². The van der Waals surface area contributed by atoms with Gasteiger partial charge in [0.05, 0.1) is 12.8 Å². The molecule has 0 amide bonds. The Kier molecular flexibility index (Phi) is 6.28. The van der Waals surface area contributed by atoms with Gasteiger partial charge in [-0.2, -0.15) is 11.8 Å². The molecule has 2 rings (SSSR count). The minimum absolute atomic E-state index is 0.682. The first-order valence-corrected chi connectivity index (χ1v) is 8.47. The summed E-state index contributed by atoms with van der Waals surface area (Å²) in [6, 6.07) is 2.13. The fourth-order valence-electron chi connectivity index (χ4n) is 2.33. The largest absolute Gasteiger partial charge is 0.468 e. The molecule has 2 heterocycles. The zero-order valence-corrected chi connectivity index (χ0v) is 13.0. The van der Waals surface area contributed by atoms with Crippen LogP contribution in [0.5, 0.6) is 0 Å². The van der Waals surface area contributed by atoms with Crippen LogP contribution in [0.25, 0.3) is 0 Å². The van der Waals surface area contributed by atoms with Crippen LogP contribution in [0, 0.1) is 5.92 Å². The lowest BCUT2D eigenvalue weighted by Crippen LogP contribution is -2.26. The summed E-state index contributed by atoms with van der Waals surface area (Å²) in [5, 5.41) is 3.46. The molecule has 19 heavy (non-hydrogen) atoms. The first-order chi connectivity index (χ1) is 9.25. The minimum Gasteiger partial charge on any atom is -0.468 e. The molecule has 1 saturated heterocycles. The van der Waals surface area contributed by atoms with E-state index in [1.165, 1.54) is 36.6 Å². The standard InChI is InChI=1S/C15H26N2OS/c1-13(2)10-16-11-15-14(4-7-18-15)12-17-5-3-8-19-9-6-17/h4,7,13,16H,3,5-6,8-12H2,1-2H3. The van der Waals surface area contributed by atoms with Crippen molar-refractivity contribution in [1.82, 2.24) is 10.2 Å². The molecule has 108 valence electrons. The third-order valence-corrected chi connectivity index (χ3v) is 4.43. The number of furan rings is 1. The van der Waals surface area contributed by atoms with Gasteiger partial charge in [0.25, 0.3) is 0 Å². The fraction of sp³-hybridized carbons (Fsp3) is 0.733. The molecule has 0 unspecified atom stereocenters. The normalized spacial score (nSPS) is 17.8. The Bertz CT molecular complexity index is 357. The monoisotopic (exact) mass is 282 g/mol. The number of nitrogens with one attached hydrogen (secondary N) is 1. The molecule has 0 atom stereocenters. The SMILES string of the molecule is CC(C)CNCc1occc1CN1CCCSCC1. The molecular weight excluding hydrogens is 256 g/mol. The van der Waals surface area contributed by atoms with E-state index in [2.05, 4.69) is 41.9 Å². The van der Waals surface area contributed by atoms with Crippen LogP contribution in [0.4, 0.5) is 0 Å². The minimum atomic E-state index is 0.682. The van der Waals surface area contributed by atoms with Gasteiger partial charge in [-0.1, -0.05) is 13.8 Å². The number of hydrogen-bond acceptors (Lipinski definition) is 4. The molecule has 0 bridgehead atoms. The summed E-state index contributed by atoms with van der Waals surface area (Å²) in [6.45, 7) is 9.81. The molecule has 1 aromatic rings. The van der Waals surface area contributed by atoms with Crippen molar-refractivity contribution in [2.24, 2.45) is 5.92 Å². The van der Waals surface area contributed by atoms with Gasteiger partial charge >= 0.3 is 0 Å². The van der Waals surface area contributed by atoms with Gasteiger partial charge in [0.15, 0.2) is 0 Å². The van der Waals surface area contributed by atoms with Crippen LogP contribution >= 0.6 is 11.8 Å². The number of hydrogen-bond donors (Lipinski definition) is 1. The summed E-state index contributed by atoms with van der Waals surface area (Å²) in [5.74, 6) is 4.36. The van der Waals surface area contributed by atoms with Gasteiger partial charge in [0, 0.05) is 24.4 Å². The van der Waals surface area contributed by atoms with E-state index in [4.69, 9.17) is 4.42 Å². The molecule has 1 fully saturated rings. The molecule has 3 nitrogen and oxygen atoms in total. The lowest BCUT2D eigenvalue weighted by atomic mass is 10.2. The number of nitrogens with zero attached hydrogens (tertiary/aromatic N) is 1. The van der Waals surface area contributed by atoms with Gasteiger partial charge in [-0.25, -0.2) is 0 Å². The molecule has 1 aliphatic heterocycles. The van der Waals surface area contributed by atoms with E-state index in [9.17, 15) is 0 Å². The third kappa shape index (κ3) is 5.21. The molecule has 0 spiro atoms. The molecule has 0 radical (unpaired) electrons. The molecule has 0 aromatic carbocycles. The lowest BCUT2D eigenvalue weighted by Gasteiger charge is -2.19. The Labute approximate surface area is 121 Å². The van der Waals surface area contributed by atoms with Crippen molar-refractivity contribution in [3.05, 3.63) is 23.7 Å². The summed E-state index contributed by atoms with van der Waals surface area (Å²) in [6.07, 6.45) is 3.14. The Hall–Kier alpha value is -0.450. The molecule has 0 saturated carbocycles. The van der Waals surface area contributed by atoms with Crippen LogP contribution in [0.1, 0.15) is 31.6 Å². The number of rotatable bonds is 6. The zero-order chi connectivity index (χ0) is 13.5. The predicted molar refractivity (Wildman–Crippen MR) is 82.5 cm³/mol. The maximum Gasteiger partial charge on any atom is 0.122 e. The Morgan fingerprint density at radius 2 is 2.26 bits per heavy atom. The number of thioether (sulfide) groups is 1. The zero-order valence-electron chi connectivity index (χ0n) is 12.2. The molecule has 1 aliphatic rings. The quantitative estimate of drug-likeness (QED) is 0.868. The van der Waals surface area contributed by atoms with Crippen molar-refractivity contribution in [2.75, 3.05) is 31.1 Å². The highest BCUT2D eigenvalue weighted by atomic mass is 32.2. The molecular formula is C15H26N2OS. The van der Waals surface area contributed by atoms with Crippen LogP contribution in [0.2, 0.25) is 0 Å². The molecule has 4 heteroatoms. The van der Waals surface area contributed by atoms with E-state index < -0.39 is 0 Å². The van der Waals surface area contributed by atoms with E-state index in [1.807, 2.05) is 6.26 Å². The first-order valence-electron chi connectivity index (χ1n) is 7.32. The predicted octanol–water partition coefficient (Wildman–Crippen LogP) is 2.96. The van der Waals surface area contributed by atoms with Crippen molar-refractivity contribution in [3.8, 4) is 0 Å². The van der Waals surface area contributed by atoms with Crippen LogP contribution in [-0.4, -0.2) is 36.0 Å². The van der Waals surface area contributed by atoms with E-state index in [-0.39, 0.29) is 0 Å². The van der Waals surface area contributed by atoms with Crippen molar-refractivity contribution in [2.45, 2.75) is 33.4 Å². The summed E-state index contributed by atoms with van der Waals surface area (Å²) in [7, 11) is 0. The second kappa shape index (κ2) is 7.98. The van der Waals surface area contributed by atoms with Gasteiger partial charge in [-0.15, -0.1) is 0 Å². The highest BCUT2D eigenvalue weighted by molar-refractivity contribution is 7.99. The first kappa shape index (κ1) is 14.9. The van der Waals surface area contributed by atoms with Crippen molar-refractivity contribution in [1.29, 1.82) is 0 Å². The van der Waals surface area contributed by atoms with Crippen molar-refractivity contribution < 1.29 is 4.42 Å². The van der Waals surface area contributed by atoms with E-state index in [0.29, 0.717) is 5.92 Å². The topological polar surface area (TPSA) is 28.4 Å². The fourth-order valence-corrected chi connectivity index (χ4v) is 3.26. The van der Waals surface area contributed by atoms with Crippen LogP contribution in [-0.2, 0) is 13.1 Å². The van der Waals surface area contributed by atoms with E-state index in [1.54, 1.807) is 0 Å². The third-order valence-electron chi connectivity index (χ3n) is 3.38. The van der Waals surface area contributed by atoms with Gasteiger partial charge in [0.2, 0.25) is 0 Å². The Morgan fingerprint density at radius 1 is 1.37 bits per heavy atom. The average molecular weight is 282 g/mol. The average Bonchev–Trinajstić information content (AvgIpc) is 2.64. The van der Waals surface area contributed by atoms with Gasteiger partial charge in [-0.05, 0) is 37.2 Å². The van der Waals surface area contributed by atoms with E-state index >= 15 is 0 Å². The highest BCUT2D eigenvalue weighted by Gasteiger charge is 2.13. The van der Waals surface area contributed by atoms with E-state index in [0.717, 1.165) is 25.4 Å². The van der Waals surface area contributed by atoms with Gasteiger partial charge < -0.3 is 9.73 Å². The summed E-state index contributed by atoms with van der Waals surface area (Å²) >= 11 is 2.08. The molecule has 0 aliphatic carbocycles. The summed E-state index contributed by atoms with van der Waals surface area (Å²) in [5.41, 5.74) is 1.35. The smallest absolute Gasteiger partial charge is 0.122 e. The van der Waals surface area contributed by atoms with Crippen molar-refractivity contribution >= 4 is 11.8 Å². The Morgan fingerprint density at radius 3 is 3.11 bits per heavy atom. The maximum absolute atomic E-state index is 5.62. The second-order valence-corrected chi connectivity index (χ2v) is 6.86. The molecule has 1 N–H and O–H groups in total.